The Kier molecular flexibility index (Phi) is 6.11. The number of hydrogen-bond acceptors (Lipinski definition) is 3. The number of rotatable bonds is 6. The lowest BCUT2D eigenvalue weighted by molar-refractivity contribution is 0.0781. The van der Waals surface area contributed by atoms with E-state index in [1.54, 1.807) is 18.2 Å². The fourth-order valence-corrected chi connectivity index (χ4v) is 4.03. The number of hydrogen-bond donors (Lipinski definition) is 1. The van der Waals surface area contributed by atoms with Gasteiger partial charge in [0.1, 0.15) is 23.4 Å². The maximum absolute atomic E-state index is 13.6. The highest BCUT2D eigenvalue weighted by atomic mass is 19.1. The second-order valence-electron chi connectivity index (χ2n) is 7.64. The maximum Gasteiger partial charge on any atom is 0.126 e. The van der Waals surface area contributed by atoms with Gasteiger partial charge in [0.2, 0.25) is 0 Å². The van der Waals surface area contributed by atoms with Crippen LogP contribution in [0, 0.1) is 5.82 Å². The van der Waals surface area contributed by atoms with E-state index < -0.39 is 0 Å². The lowest BCUT2D eigenvalue weighted by Gasteiger charge is -2.39. The van der Waals surface area contributed by atoms with Crippen LogP contribution in [0.5, 0.6) is 11.5 Å². The Morgan fingerprint density at radius 1 is 0.966 bits per heavy atom. The van der Waals surface area contributed by atoms with Gasteiger partial charge in [0.15, 0.2) is 0 Å². The van der Waals surface area contributed by atoms with E-state index in [0.29, 0.717) is 11.5 Å². The van der Waals surface area contributed by atoms with Crippen LogP contribution in [0.3, 0.4) is 0 Å². The van der Waals surface area contributed by atoms with Crippen LogP contribution in [0.15, 0.2) is 78.9 Å². The summed E-state index contributed by atoms with van der Waals surface area (Å²) in [5, 5.41) is 9.45. The molecule has 4 rings (SSSR count). The number of piperidine rings is 1. The fraction of sp³-hybridized carbons (Fsp3) is 0.280. The van der Waals surface area contributed by atoms with E-state index in [9.17, 15) is 9.50 Å². The molecule has 1 heterocycles. The van der Waals surface area contributed by atoms with Gasteiger partial charge in [-0.1, -0.05) is 48.5 Å². The fourth-order valence-electron chi connectivity index (χ4n) is 4.03. The molecule has 0 amide bonds. The van der Waals surface area contributed by atoms with Gasteiger partial charge in [-0.3, -0.25) is 0 Å². The third-order valence-electron chi connectivity index (χ3n) is 5.60. The van der Waals surface area contributed by atoms with Crippen LogP contribution in [-0.2, 0) is 6.42 Å². The van der Waals surface area contributed by atoms with Gasteiger partial charge in [0, 0.05) is 31.6 Å². The first-order valence-corrected chi connectivity index (χ1v) is 10.1. The minimum absolute atomic E-state index is 0.0177. The number of halogens is 1. The summed E-state index contributed by atoms with van der Waals surface area (Å²) >= 11 is 0. The summed E-state index contributed by atoms with van der Waals surface area (Å²) in [4.78, 5) is 2.47. The summed E-state index contributed by atoms with van der Waals surface area (Å²) in [6, 6.07) is 24.3. The van der Waals surface area contributed by atoms with Crippen LogP contribution in [0.4, 0.5) is 4.39 Å². The first-order chi connectivity index (χ1) is 14.2. The average Bonchev–Trinajstić information content (AvgIpc) is 2.75. The normalized spacial score (nSPS) is 19.8. The molecule has 1 aliphatic rings. The average molecular weight is 391 g/mol. The van der Waals surface area contributed by atoms with Gasteiger partial charge in [0.25, 0.3) is 0 Å². The van der Waals surface area contributed by atoms with Gasteiger partial charge in [-0.25, -0.2) is 4.39 Å². The van der Waals surface area contributed by atoms with Gasteiger partial charge >= 0.3 is 0 Å². The number of benzene rings is 3. The predicted molar refractivity (Wildman–Crippen MR) is 113 cm³/mol. The van der Waals surface area contributed by atoms with Crippen molar-refractivity contribution in [1.82, 2.24) is 4.90 Å². The zero-order valence-corrected chi connectivity index (χ0v) is 16.4. The molecule has 0 radical (unpaired) electrons. The summed E-state index contributed by atoms with van der Waals surface area (Å²) in [5.74, 6) is 0.847. The molecule has 0 aliphatic carbocycles. The quantitative estimate of drug-likeness (QED) is 0.641. The van der Waals surface area contributed by atoms with Gasteiger partial charge in [-0.15, -0.1) is 0 Å². The lowest BCUT2D eigenvalue weighted by Crippen LogP contribution is -2.44. The molecule has 2 atom stereocenters. The predicted octanol–water partition coefficient (Wildman–Crippen LogP) is 5.01. The van der Waals surface area contributed by atoms with Crippen molar-refractivity contribution in [2.45, 2.75) is 24.9 Å². The zero-order chi connectivity index (χ0) is 20.1. The van der Waals surface area contributed by atoms with Crippen LogP contribution < -0.4 is 4.74 Å². The van der Waals surface area contributed by atoms with Crippen molar-refractivity contribution in [3.8, 4) is 11.5 Å². The standard InChI is InChI=1S/C25H26FNO2/c26-21-7-4-8-23(17-21)29-25-14-16-27(15-13-19-9-11-22(28)12-10-19)18-24(25)20-5-2-1-3-6-20/h1-12,17,24-25,28H,13-16,18H2/t24-,25+/m0/s1. The molecule has 4 heteroatoms. The number of ether oxygens (including phenoxy) is 1. The van der Waals surface area contributed by atoms with Crippen LogP contribution >= 0.6 is 0 Å². The molecule has 1 N–H and O–H groups in total. The molecule has 0 spiro atoms. The van der Waals surface area contributed by atoms with Crippen molar-refractivity contribution >= 4 is 0 Å². The molecule has 150 valence electrons. The van der Waals surface area contributed by atoms with Gasteiger partial charge in [-0.05, 0) is 48.2 Å². The molecule has 29 heavy (non-hydrogen) atoms. The Balaban J connectivity index is 1.45. The molecule has 1 saturated heterocycles. The third-order valence-corrected chi connectivity index (χ3v) is 5.60. The van der Waals surface area contributed by atoms with Crippen molar-refractivity contribution < 1.29 is 14.2 Å². The molecule has 1 fully saturated rings. The highest BCUT2D eigenvalue weighted by Gasteiger charge is 2.31. The van der Waals surface area contributed by atoms with E-state index in [-0.39, 0.29) is 17.8 Å². The van der Waals surface area contributed by atoms with E-state index in [4.69, 9.17) is 4.74 Å². The minimum Gasteiger partial charge on any atom is -0.508 e. The summed E-state index contributed by atoms with van der Waals surface area (Å²) < 4.78 is 19.8. The molecule has 3 aromatic carbocycles. The van der Waals surface area contributed by atoms with E-state index in [0.717, 1.165) is 32.5 Å². The Morgan fingerprint density at radius 2 is 1.76 bits per heavy atom. The largest absolute Gasteiger partial charge is 0.508 e. The van der Waals surface area contributed by atoms with Crippen molar-refractivity contribution in [3.63, 3.8) is 0 Å². The molecular formula is C25H26FNO2. The molecule has 3 nitrogen and oxygen atoms in total. The molecule has 0 aromatic heterocycles. The van der Waals surface area contributed by atoms with Crippen LogP contribution in [0.25, 0.3) is 0 Å². The first-order valence-electron chi connectivity index (χ1n) is 10.1. The molecular weight excluding hydrogens is 365 g/mol. The van der Waals surface area contributed by atoms with E-state index >= 15 is 0 Å². The Labute approximate surface area is 171 Å². The number of phenols is 1. The highest BCUT2D eigenvalue weighted by Crippen LogP contribution is 2.31. The topological polar surface area (TPSA) is 32.7 Å². The maximum atomic E-state index is 13.6. The minimum atomic E-state index is -0.273. The third kappa shape index (κ3) is 5.15. The van der Waals surface area contributed by atoms with Gasteiger partial charge < -0.3 is 14.7 Å². The Hall–Kier alpha value is -2.85. The Morgan fingerprint density at radius 3 is 2.52 bits per heavy atom. The molecule has 0 bridgehead atoms. The highest BCUT2D eigenvalue weighted by molar-refractivity contribution is 5.27. The monoisotopic (exact) mass is 391 g/mol. The SMILES string of the molecule is Oc1ccc(CCN2CC[C@@H](Oc3cccc(F)c3)[C@H](c3ccccc3)C2)cc1. The number of phenolic OH excluding ortho intramolecular Hbond substituents is 1. The van der Waals surface area contributed by atoms with E-state index in [1.807, 2.05) is 24.3 Å². The van der Waals surface area contributed by atoms with Crippen molar-refractivity contribution in [1.29, 1.82) is 0 Å². The van der Waals surface area contributed by atoms with E-state index in [2.05, 4.69) is 29.2 Å². The second kappa shape index (κ2) is 9.10. The zero-order valence-electron chi connectivity index (χ0n) is 16.4. The lowest BCUT2D eigenvalue weighted by atomic mass is 9.87. The van der Waals surface area contributed by atoms with E-state index in [1.165, 1.54) is 23.3 Å². The van der Waals surface area contributed by atoms with Crippen molar-refractivity contribution in [3.05, 3.63) is 95.8 Å². The first kappa shape index (κ1) is 19.5. The molecule has 0 saturated carbocycles. The van der Waals surface area contributed by atoms with Crippen LogP contribution in [0.2, 0.25) is 0 Å². The number of likely N-dealkylation sites (tertiary alicyclic amines) is 1. The van der Waals surface area contributed by atoms with Crippen molar-refractivity contribution in [2.24, 2.45) is 0 Å². The molecule has 1 aliphatic heterocycles. The summed E-state index contributed by atoms with van der Waals surface area (Å²) in [6.45, 7) is 2.81. The second-order valence-corrected chi connectivity index (χ2v) is 7.64. The number of nitrogens with zero attached hydrogens (tertiary/aromatic N) is 1. The molecule has 0 unspecified atom stereocenters. The smallest absolute Gasteiger partial charge is 0.126 e. The van der Waals surface area contributed by atoms with Crippen molar-refractivity contribution in [2.75, 3.05) is 19.6 Å². The summed E-state index contributed by atoms with van der Waals surface area (Å²) in [5.41, 5.74) is 2.47. The molecule has 3 aromatic rings. The summed E-state index contributed by atoms with van der Waals surface area (Å²) in [7, 11) is 0. The van der Waals surface area contributed by atoms with Crippen LogP contribution in [0.1, 0.15) is 23.5 Å². The summed E-state index contributed by atoms with van der Waals surface area (Å²) in [6.07, 6.45) is 1.85. The number of aromatic hydroxyl groups is 1. The van der Waals surface area contributed by atoms with Crippen LogP contribution in [-0.4, -0.2) is 35.7 Å². The van der Waals surface area contributed by atoms with Gasteiger partial charge in [0.05, 0.1) is 0 Å². The van der Waals surface area contributed by atoms with Gasteiger partial charge in [-0.2, -0.15) is 0 Å². The Bertz CT molecular complexity index is 914.